The molecule has 2 rings (SSSR count). The van der Waals surface area contributed by atoms with Crippen molar-refractivity contribution in [2.75, 3.05) is 0 Å². The highest BCUT2D eigenvalue weighted by atomic mass is 32.1. The van der Waals surface area contributed by atoms with Gasteiger partial charge in [-0.2, -0.15) is 5.26 Å². The third-order valence-corrected chi connectivity index (χ3v) is 3.11. The minimum absolute atomic E-state index is 0.613. The van der Waals surface area contributed by atoms with E-state index in [0.717, 1.165) is 11.8 Å². The molecule has 3 nitrogen and oxygen atoms in total. The Hall–Kier alpha value is -2.12. The fourth-order valence-corrected chi connectivity index (χ4v) is 2.07. The van der Waals surface area contributed by atoms with Crippen molar-refractivity contribution in [3.8, 4) is 16.9 Å². The smallest absolute Gasteiger partial charge is 0.182 e. The Labute approximate surface area is 103 Å². The fourth-order valence-electron chi connectivity index (χ4n) is 1.40. The summed E-state index contributed by atoms with van der Waals surface area (Å²) in [6, 6.07) is 10.8. The van der Waals surface area contributed by atoms with Crippen LogP contribution in [0.4, 0.5) is 0 Å². The molecule has 0 atom stereocenters. The number of hydrogen-bond donors (Lipinski definition) is 0. The van der Waals surface area contributed by atoms with Crippen molar-refractivity contribution in [1.29, 1.82) is 5.26 Å². The monoisotopic (exact) mass is 243 g/mol. The number of ether oxygens (including phenoxy) is 1. The van der Waals surface area contributed by atoms with Gasteiger partial charge in [0.05, 0.1) is 0 Å². The highest BCUT2D eigenvalue weighted by Gasteiger charge is 2.05. The van der Waals surface area contributed by atoms with Crippen LogP contribution in [0.15, 0.2) is 30.3 Å². The van der Waals surface area contributed by atoms with E-state index in [1.54, 1.807) is 30.3 Å². The number of benzene rings is 1. The second-order valence-corrected chi connectivity index (χ2v) is 4.52. The predicted molar refractivity (Wildman–Crippen MR) is 65.7 cm³/mol. The van der Waals surface area contributed by atoms with E-state index in [1.807, 2.05) is 6.92 Å². The Morgan fingerprint density at radius 1 is 1.35 bits per heavy atom. The molecular formula is C13H9NO2S. The van der Waals surface area contributed by atoms with Crippen molar-refractivity contribution in [2.24, 2.45) is 0 Å². The SMILES string of the molecule is Cc1cc(C=O)ccc1Oc1ccc(C#N)s1. The summed E-state index contributed by atoms with van der Waals surface area (Å²) in [4.78, 5) is 11.2. The van der Waals surface area contributed by atoms with Gasteiger partial charge in [0.15, 0.2) is 5.06 Å². The van der Waals surface area contributed by atoms with Crippen LogP contribution < -0.4 is 4.74 Å². The molecule has 1 aromatic carbocycles. The van der Waals surface area contributed by atoms with Gasteiger partial charge in [-0.1, -0.05) is 11.3 Å². The minimum Gasteiger partial charge on any atom is -0.446 e. The summed E-state index contributed by atoms with van der Waals surface area (Å²) in [6.07, 6.45) is 0.801. The third kappa shape index (κ3) is 2.52. The Morgan fingerprint density at radius 2 is 2.18 bits per heavy atom. The molecule has 0 aliphatic carbocycles. The van der Waals surface area contributed by atoms with Gasteiger partial charge < -0.3 is 4.74 Å². The molecule has 84 valence electrons. The Bertz CT molecular complexity index is 596. The summed E-state index contributed by atoms with van der Waals surface area (Å²) in [5, 5.41) is 9.38. The van der Waals surface area contributed by atoms with Crippen LogP contribution in [0.1, 0.15) is 20.8 Å². The molecule has 4 heteroatoms. The molecule has 0 bridgehead atoms. The molecular weight excluding hydrogens is 234 g/mol. The number of rotatable bonds is 3. The van der Waals surface area contributed by atoms with E-state index >= 15 is 0 Å². The van der Waals surface area contributed by atoms with Crippen molar-refractivity contribution >= 4 is 17.6 Å². The van der Waals surface area contributed by atoms with Gasteiger partial charge in [0.1, 0.15) is 23.0 Å². The van der Waals surface area contributed by atoms with Crippen LogP contribution in [0.2, 0.25) is 0 Å². The molecule has 0 aliphatic heterocycles. The van der Waals surface area contributed by atoms with E-state index in [2.05, 4.69) is 6.07 Å². The molecule has 1 aromatic heterocycles. The second kappa shape index (κ2) is 4.81. The first-order valence-corrected chi connectivity index (χ1v) is 5.78. The molecule has 0 unspecified atom stereocenters. The van der Waals surface area contributed by atoms with Crippen LogP contribution in [-0.4, -0.2) is 6.29 Å². The summed E-state index contributed by atoms with van der Waals surface area (Å²) in [5.74, 6) is 0.696. The highest BCUT2D eigenvalue weighted by molar-refractivity contribution is 7.14. The van der Waals surface area contributed by atoms with Gasteiger partial charge in [-0.3, -0.25) is 4.79 Å². The number of hydrogen-bond acceptors (Lipinski definition) is 4. The molecule has 0 radical (unpaired) electrons. The normalized spacial score (nSPS) is 9.65. The molecule has 17 heavy (non-hydrogen) atoms. The Morgan fingerprint density at radius 3 is 2.76 bits per heavy atom. The number of aryl methyl sites for hydroxylation is 1. The number of carbonyl (C=O) groups is 1. The fraction of sp³-hybridized carbons (Fsp3) is 0.0769. The van der Waals surface area contributed by atoms with Crippen LogP contribution in [-0.2, 0) is 0 Å². The minimum atomic E-state index is 0.613. The van der Waals surface area contributed by atoms with Gasteiger partial charge in [-0.05, 0) is 42.8 Å². The van der Waals surface area contributed by atoms with Crippen LogP contribution >= 0.6 is 11.3 Å². The van der Waals surface area contributed by atoms with Gasteiger partial charge in [0.2, 0.25) is 0 Å². The zero-order chi connectivity index (χ0) is 12.3. The lowest BCUT2D eigenvalue weighted by molar-refractivity contribution is 0.112. The molecule has 1 heterocycles. The summed E-state index contributed by atoms with van der Waals surface area (Å²) in [7, 11) is 0. The molecule has 0 spiro atoms. The highest BCUT2D eigenvalue weighted by Crippen LogP contribution is 2.31. The average molecular weight is 243 g/mol. The molecule has 0 saturated heterocycles. The second-order valence-electron chi connectivity index (χ2n) is 3.48. The van der Waals surface area contributed by atoms with E-state index in [0.29, 0.717) is 21.3 Å². The first-order valence-electron chi connectivity index (χ1n) is 4.96. The van der Waals surface area contributed by atoms with E-state index in [4.69, 9.17) is 10.00 Å². The van der Waals surface area contributed by atoms with E-state index in [-0.39, 0.29) is 0 Å². The largest absolute Gasteiger partial charge is 0.446 e. The van der Waals surface area contributed by atoms with Crippen LogP contribution in [0.3, 0.4) is 0 Å². The number of aldehydes is 1. The third-order valence-electron chi connectivity index (χ3n) is 2.24. The van der Waals surface area contributed by atoms with E-state index in [9.17, 15) is 4.79 Å². The van der Waals surface area contributed by atoms with Crippen molar-refractivity contribution < 1.29 is 9.53 Å². The van der Waals surface area contributed by atoms with Gasteiger partial charge in [0.25, 0.3) is 0 Å². The lowest BCUT2D eigenvalue weighted by Gasteiger charge is -2.06. The topological polar surface area (TPSA) is 50.1 Å². The molecule has 0 amide bonds. The maximum atomic E-state index is 10.6. The van der Waals surface area contributed by atoms with E-state index < -0.39 is 0 Å². The number of thiophene rings is 1. The average Bonchev–Trinajstić information content (AvgIpc) is 2.79. The maximum absolute atomic E-state index is 10.6. The number of nitrogens with zero attached hydrogens (tertiary/aromatic N) is 1. The van der Waals surface area contributed by atoms with E-state index in [1.165, 1.54) is 11.3 Å². The molecule has 0 aliphatic rings. The quantitative estimate of drug-likeness (QED) is 0.775. The summed E-state index contributed by atoms with van der Waals surface area (Å²) >= 11 is 1.29. The standard InChI is InChI=1S/C13H9NO2S/c1-9-6-10(8-15)2-4-12(9)16-13-5-3-11(7-14)17-13/h2-6,8H,1H3. The molecule has 0 N–H and O–H groups in total. The van der Waals surface area contributed by atoms with Crippen molar-refractivity contribution in [3.05, 3.63) is 46.3 Å². The van der Waals surface area contributed by atoms with Gasteiger partial charge >= 0.3 is 0 Å². The van der Waals surface area contributed by atoms with Crippen molar-refractivity contribution in [2.45, 2.75) is 6.92 Å². The summed E-state index contributed by atoms with van der Waals surface area (Å²) < 4.78 is 5.64. The van der Waals surface area contributed by atoms with Gasteiger partial charge in [-0.25, -0.2) is 0 Å². The number of carbonyl (C=O) groups excluding carboxylic acids is 1. The zero-order valence-corrected chi connectivity index (χ0v) is 9.95. The Balaban J connectivity index is 2.24. The molecule has 2 aromatic rings. The van der Waals surface area contributed by atoms with Crippen molar-refractivity contribution in [3.63, 3.8) is 0 Å². The first-order chi connectivity index (χ1) is 8.22. The predicted octanol–water partition coefficient (Wildman–Crippen LogP) is 3.53. The van der Waals surface area contributed by atoms with Crippen LogP contribution in [0.25, 0.3) is 0 Å². The first kappa shape index (κ1) is 11.4. The van der Waals surface area contributed by atoms with Crippen LogP contribution in [0.5, 0.6) is 10.8 Å². The molecule has 0 saturated carbocycles. The lowest BCUT2D eigenvalue weighted by Crippen LogP contribution is -1.87. The zero-order valence-electron chi connectivity index (χ0n) is 9.14. The summed E-state index contributed by atoms with van der Waals surface area (Å²) in [6.45, 7) is 1.88. The van der Waals surface area contributed by atoms with Crippen molar-refractivity contribution in [1.82, 2.24) is 0 Å². The number of nitriles is 1. The maximum Gasteiger partial charge on any atom is 0.182 e. The Kier molecular flexibility index (Phi) is 3.22. The molecule has 0 fully saturated rings. The van der Waals surface area contributed by atoms with Gasteiger partial charge in [0, 0.05) is 5.56 Å². The summed E-state index contributed by atoms with van der Waals surface area (Å²) in [5.41, 5.74) is 1.51. The van der Waals surface area contributed by atoms with Crippen LogP contribution in [0, 0.1) is 18.3 Å². The lowest BCUT2D eigenvalue weighted by atomic mass is 10.1. The van der Waals surface area contributed by atoms with Gasteiger partial charge in [-0.15, -0.1) is 0 Å².